The van der Waals surface area contributed by atoms with E-state index in [9.17, 15) is 9.59 Å². The van der Waals surface area contributed by atoms with Crippen LogP contribution in [0, 0.1) is 11.3 Å². The summed E-state index contributed by atoms with van der Waals surface area (Å²) in [5.74, 6) is -0.905. The van der Waals surface area contributed by atoms with Gasteiger partial charge in [0, 0.05) is 5.56 Å². The van der Waals surface area contributed by atoms with Crippen LogP contribution in [0.15, 0.2) is 59.8 Å². The smallest absolute Gasteiger partial charge is 0.358 e. The monoisotopic (exact) mass is 420 g/mol. The summed E-state index contributed by atoms with van der Waals surface area (Å²) >= 11 is 1.36. The minimum absolute atomic E-state index is 0.126. The zero-order valence-electron chi connectivity index (χ0n) is 16.6. The largest absolute Gasteiger partial charge is 0.461 e. The maximum absolute atomic E-state index is 12.8. The maximum Gasteiger partial charge on any atom is 0.358 e. The average Bonchev–Trinajstić information content (AvgIpc) is 3.11. The first-order valence-corrected chi connectivity index (χ1v) is 10.5. The van der Waals surface area contributed by atoms with Gasteiger partial charge >= 0.3 is 5.97 Å². The molecule has 0 saturated heterocycles. The fraction of sp³-hybridized carbons (Fsp3) is 0.182. The Morgan fingerprint density at radius 2 is 1.97 bits per heavy atom. The third kappa shape index (κ3) is 4.70. The van der Waals surface area contributed by atoms with E-state index in [-0.39, 0.29) is 18.1 Å². The SMILES string of the molecule is CCOC(=O)c1c(NC(=O)c2cccc(C#N)c2)nc(SC)n1Cc1ccccc1. The second-order valence-corrected chi connectivity index (χ2v) is 7.01. The molecule has 1 amide bonds. The van der Waals surface area contributed by atoms with Gasteiger partial charge in [-0.3, -0.25) is 4.79 Å². The maximum atomic E-state index is 12.8. The molecule has 1 aromatic heterocycles. The summed E-state index contributed by atoms with van der Waals surface area (Å²) in [5.41, 5.74) is 1.82. The number of nitrogens with one attached hydrogen (secondary N) is 1. The number of ether oxygens (including phenoxy) is 1. The van der Waals surface area contributed by atoms with Crippen LogP contribution in [0.25, 0.3) is 0 Å². The van der Waals surface area contributed by atoms with Crippen molar-refractivity contribution in [3.05, 3.63) is 77.0 Å². The summed E-state index contributed by atoms with van der Waals surface area (Å²) in [7, 11) is 0. The van der Waals surface area contributed by atoms with E-state index in [1.54, 1.807) is 29.7 Å². The number of esters is 1. The van der Waals surface area contributed by atoms with E-state index in [4.69, 9.17) is 10.00 Å². The fourth-order valence-corrected chi connectivity index (χ4v) is 3.46. The number of thioether (sulfide) groups is 1. The molecular formula is C22H20N4O3S. The first-order valence-electron chi connectivity index (χ1n) is 9.24. The van der Waals surface area contributed by atoms with Crippen molar-refractivity contribution < 1.29 is 14.3 Å². The first kappa shape index (κ1) is 21.1. The second-order valence-electron chi connectivity index (χ2n) is 6.23. The van der Waals surface area contributed by atoms with Crippen molar-refractivity contribution in [3.63, 3.8) is 0 Å². The molecule has 0 aliphatic carbocycles. The van der Waals surface area contributed by atoms with Crippen LogP contribution < -0.4 is 5.32 Å². The zero-order chi connectivity index (χ0) is 21.5. The second kappa shape index (κ2) is 9.76. The summed E-state index contributed by atoms with van der Waals surface area (Å²) in [6.45, 7) is 2.32. The minimum Gasteiger partial charge on any atom is -0.461 e. The molecular weight excluding hydrogens is 400 g/mol. The molecule has 2 aromatic carbocycles. The van der Waals surface area contributed by atoms with Crippen molar-refractivity contribution in [2.45, 2.75) is 18.6 Å². The number of amides is 1. The summed E-state index contributed by atoms with van der Waals surface area (Å²) in [6, 6.07) is 18.0. The highest BCUT2D eigenvalue weighted by Gasteiger charge is 2.26. The molecule has 0 atom stereocenters. The van der Waals surface area contributed by atoms with Gasteiger partial charge in [-0.1, -0.05) is 48.2 Å². The van der Waals surface area contributed by atoms with Gasteiger partial charge in [-0.25, -0.2) is 9.78 Å². The van der Waals surface area contributed by atoms with Gasteiger partial charge in [0.25, 0.3) is 5.91 Å². The number of nitrogens with zero attached hydrogens (tertiary/aromatic N) is 3. The predicted octanol–water partition coefficient (Wildman–Crippen LogP) is 3.95. The fourth-order valence-electron chi connectivity index (χ4n) is 2.90. The Morgan fingerprint density at radius 3 is 2.63 bits per heavy atom. The lowest BCUT2D eigenvalue weighted by molar-refractivity contribution is 0.0514. The molecule has 152 valence electrons. The van der Waals surface area contributed by atoms with Crippen molar-refractivity contribution in [1.82, 2.24) is 9.55 Å². The van der Waals surface area contributed by atoms with Crippen molar-refractivity contribution >= 4 is 29.5 Å². The van der Waals surface area contributed by atoms with Gasteiger partial charge in [-0.2, -0.15) is 5.26 Å². The van der Waals surface area contributed by atoms with E-state index in [1.807, 2.05) is 42.7 Å². The third-order valence-corrected chi connectivity index (χ3v) is 4.93. The topological polar surface area (TPSA) is 97.0 Å². The number of carbonyl (C=O) groups excluding carboxylic acids is 2. The van der Waals surface area contributed by atoms with E-state index in [1.165, 1.54) is 17.8 Å². The van der Waals surface area contributed by atoms with E-state index in [0.717, 1.165) is 5.56 Å². The Labute approximate surface area is 178 Å². The van der Waals surface area contributed by atoms with Gasteiger partial charge in [0.1, 0.15) is 0 Å². The molecule has 0 fully saturated rings. The molecule has 7 nitrogen and oxygen atoms in total. The highest BCUT2D eigenvalue weighted by molar-refractivity contribution is 7.98. The number of imidazole rings is 1. The number of aromatic nitrogens is 2. The van der Waals surface area contributed by atoms with Crippen LogP contribution in [0.4, 0.5) is 5.82 Å². The molecule has 3 rings (SSSR count). The summed E-state index contributed by atoms with van der Waals surface area (Å²) in [4.78, 5) is 30.0. The van der Waals surface area contributed by atoms with Crippen LogP contribution >= 0.6 is 11.8 Å². The van der Waals surface area contributed by atoms with E-state index in [2.05, 4.69) is 10.3 Å². The molecule has 0 bridgehead atoms. The third-order valence-electron chi connectivity index (χ3n) is 4.25. The van der Waals surface area contributed by atoms with Crippen LogP contribution in [0.5, 0.6) is 0 Å². The number of anilines is 1. The number of nitriles is 1. The van der Waals surface area contributed by atoms with E-state index < -0.39 is 11.9 Å². The Bertz CT molecular complexity index is 1100. The summed E-state index contributed by atoms with van der Waals surface area (Å²) < 4.78 is 6.96. The van der Waals surface area contributed by atoms with Crippen molar-refractivity contribution in [1.29, 1.82) is 5.26 Å². The van der Waals surface area contributed by atoms with E-state index >= 15 is 0 Å². The quantitative estimate of drug-likeness (QED) is 0.459. The molecule has 0 spiro atoms. The van der Waals surface area contributed by atoms with Crippen LogP contribution in [0.1, 0.15) is 38.9 Å². The zero-order valence-corrected chi connectivity index (χ0v) is 17.4. The van der Waals surface area contributed by atoms with Gasteiger partial charge in [0.15, 0.2) is 16.7 Å². The Balaban J connectivity index is 2.01. The molecule has 0 radical (unpaired) electrons. The molecule has 1 N–H and O–H groups in total. The standard InChI is InChI=1S/C22H20N4O3S/c1-3-29-21(28)18-19(24-20(27)17-11-7-10-16(12-17)13-23)25-22(30-2)26(18)14-15-8-5-4-6-9-15/h4-12H,3,14H2,1-2H3,(H,24,27). The molecule has 0 saturated carbocycles. The summed E-state index contributed by atoms with van der Waals surface area (Å²) in [5, 5.41) is 12.3. The van der Waals surface area contributed by atoms with Crippen LogP contribution in [0.3, 0.4) is 0 Å². The van der Waals surface area contributed by atoms with Gasteiger partial charge in [-0.05, 0) is 36.9 Å². The van der Waals surface area contributed by atoms with Crippen molar-refractivity contribution in [3.8, 4) is 6.07 Å². The molecule has 0 aliphatic heterocycles. The van der Waals surface area contributed by atoms with Gasteiger partial charge in [-0.15, -0.1) is 0 Å². The predicted molar refractivity (Wildman–Crippen MR) is 115 cm³/mol. The molecule has 0 aliphatic rings. The molecule has 1 heterocycles. The molecule has 30 heavy (non-hydrogen) atoms. The lowest BCUT2D eigenvalue weighted by Gasteiger charge is -2.11. The lowest BCUT2D eigenvalue weighted by atomic mass is 10.1. The number of hydrogen-bond donors (Lipinski definition) is 1. The number of benzene rings is 2. The number of carbonyl (C=O) groups is 2. The Kier molecular flexibility index (Phi) is 6.88. The van der Waals surface area contributed by atoms with E-state index in [0.29, 0.717) is 22.8 Å². The number of rotatable bonds is 7. The Hall–Kier alpha value is -3.57. The van der Waals surface area contributed by atoms with Gasteiger partial charge < -0.3 is 14.6 Å². The van der Waals surface area contributed by atoms with Crippen LogP contribution in [-0.2, 0) is 11.3 Å². The van der Waals surface area contributed by atoms with Crippen LogP contribution in [0.2, 0.25) is 0 Å². The summed E-state index contributed by atoms with van der Waals surface area (Å²) in [6.07, 6.45) is 1.85. The normalized spacial score (nSPS) is 10.3. The van der Waals surface area contributed by atoms with Crippen molar-refractivity contribution in [2.24, 2.45) is 0 Å². The van der Waals surface area contributed by atoms with Gasteiger partial charge in [0.2, 0.25) is 0 Å². The minimum atomic E-state index is -0.567. The molecule has 0 unspecified atom stereocenters. The van der Waals surface area contributed by atoms with Crippen molar-refractivity contribution in [2.75, 3.05) is 18.2 Å². The van der Waals surface area contributed by atoms with Gasteiger partial charge in [0.05, 0.1) is 24.8 Å². The highest BCUT2D eigenvalue weighted by atomic mass is 32.2. The molecule has 8 heteroatoms. The van der Waals surface area contributed by atoms with Crippen LogP contribution in [-0.4, -0.2) is 34.3 Å². The lowest BCUT2D eigenvalue weighted by Crippen LogP contribution is -2.18. The highest BCUT2D eigenvalue weighted by Crippen LogP contribution is 2.26. The number of hydrogen-bond acceptors (Lipinski definition) is 6. The molecule has 3 aromatic rings. The average molecular weight is 420 g/mol. The Morgan fingerprint density at radius 1 is 1.20 bits per heavy atom. The first-order chi connectivity index (χ1) is 14.6.